The number of hydrogen-bond donors (Lipinski definition) is 1. The van der Waals surface area contributed by atoms with Crippen molar-refractivity contribution in [1.82, 2.24) is 5.32 Å². The molecule has 0 fully saturated rings. The van der Waals surface area contributed by atoms with E-state index >= 15 is 0 Å². The lowest BCUT2D eigenvalue weighted by atomic mass is 10.1. The molecule has 1 amide bonds. The maximum atomic E-state index is 11.6. The fourth-order valence-electron chi connectivity index (χ4n) is 1.43. The molecule has 0 atom stereocenters. The lowest BCUT2D eigenvalue weighted by Gasteiger charge is -2.24. The van der Waals surface area contributed by atoms with Gasteiger partial charge in [0.2, 0.25) is 0 Å². The smallest absolute Gasteiger partial charge is 0.407 e. The number of thioether (sulfide) groups is 1. The van der Waals surface area contributed by atoms with Crippen molar-refractivity contribution in [3.05, 3.63) is 35.9 Å². The number of carbonyl (C=O) groups is 1. The summed E-state index contributed by atoms with van der Waals surface area (Å²) in [4.78, 5) is 11.6. The summed E-state index contributed by atoms with van der Waals surface area (Å²) in [5, 5.41) is 2.85. The Morgan fingerprint density at radius 1 is 1.35 bits per heavy atom. The fourth-order valence-corrected chi connectivity index (χ4v) is 2.23. The number of ether oxygens (including phenoxy) is 1. The maximum absolute atomic E-state index is 11.6. The third-order valence-electron chi connectivity index (χ3n) is 2.16. The molecule has 0 saturated heterocycles. The van der Waals surface area contributed by atoms with Gasteiger partial charge in [0.05, 0.1) is 0 Å². The van der Waals surface area contributed by atoms with E-state index in [1.54, 1.807) is 11.8 Å². The number of nitrogens with one attached hydrogen (secondary N) is 1. The third kappa shape index (κ3) is 5.63. The summed E-state index contributed by atoms with van der Waals surface area (Å²) >= 11 is 1.69. The number of hydrogen-bond acceptors (Lipinski definition) is 3. The van der Waals surface area contributed by atoms with E-state index in [0.717, 1.165) is 11.3 Å². The van der Waals surface area contributed by atoms with E-state index in [2.05, 4.69) is 5.32 Å². The molecule has 1 rings (SSSR count). The van der Waals surface area contributed by atoms with E-state index in [4.69, 9.17) is 4.74 Å². The standard InChI is InChI=1S/C13H19NO2S/c1-13(2,10-17-3)14-12(15)16-9-11-7-5-4-6-8-11/h4-8H,9-10H2,1-3H3,(H,14,15). The normalized spacial score (nSPS) is 11.0. The van der Waals surface area contributed by atoms with E-state index in [-0.39, 0.29) is 11.6 Å². The van der Waals surface area contributed by atoms with Crippen LogP contribution >= 0.6 is 11.8 Å². The molecular weight excluding hydrogens is 234 g/mol. The first-order valence-corrected chi connectivity index (χ1v) is 6.91. The van der Waals surface area contributed by atoms with Crippen LogP contribution in [0, 0.1) is 0 Å². The Hall–Kier alpha value is -1.16. The van der Waals surface area contributed by atoms with Gasteiger partial charge in [-0.1, -0.05) is 30.3 Å². The van der Waals surface area contributed by atoms with Crippen molar-refractivity contribution >= 4 is 17.9 Å². The van der Waals surface area contributed by atoms with Crippen molar-refractivity contribution in [1.29, 1.82) is 0 Å². The predicted molar refractivity (Wildman–Crippen MR) is 72.2 cm³/mol. The first kappa shape index (κ1) is 13.9. The van der Waals surface area contributed by atoms with Crippen molar-refractivity contribution < 1.29 is 9.53 Å². The number of carbonyl (C=O) groups excluding carboxylic acids is 1. The second-order valence-electron chi connectivity index (χ2n) is 4.50. The van der Waals surface area contributed by atoms with Gasteiger partial charge >= 0.3 is 6.09 Å². The van der Waals surface area contributed by atoms with Gasteiger partial charge in [0.1, 0.15) is 6.61 Å². The van der Waals surface area contributed by atoms with Crippen LogP contribution in [0.1, 0.15) is 19.4 Å². The minimum Gasteiger partial charge on any atom is -0.445 e. The molecule has 17 heavy (non-hydrogen) atoms. The summed E-state index contributed by atoms with van der Waals surface area (Å²) in [6, 6.07) is 9.65. The fraction of sp³-hybridized carbons (Fsp3) is 0.462. The highest BCUT2D eigenvalue weighted by Crippen LogP contribution is 2.10. The van der Waals surface area contributed by atoms with Gasteiger partial charge in [-0.3, -0.25) is 0 Å². The van der Waals surface area contributed by atoms with Crippen LogP contribution in [-0.2, 0) is 11.3 Å². The van der Waals surface area contributed by atoms with Gasteiger partial charge in [-0.05, 0) is 25.7 Å². The van der Waals surface area contributed by atoms with Gasteiger partial charge in [-0.2, -0.15) is 11.8 Å². The van der Waals surface area contributed by atoms with E-state index < -0.39 is 0 Å². The summed E-state index contributed by atoms with van der Waals surface area (Å²) in [5.74, 6) is 0.855. The van der Waals surface area contributed by atoms with Gasteiger partial charge in [0.25, 0.3) is 0 Å². The monoisotopic (exact) mass is 253 g/mol. The molecule has 0 radical (unpaired) electrons. The largest absolute Gasteiger partial charge is 0.445 e. The number of rotatable bonds is 5. The highest BCUT2D eigenvalue weighted by molar-refractivity contribution is 7.98. The quantitative estimate of drug-likeness (QED) is 0.876. The Morgan fingerprint density at radius 3 is 2.59 bits per heavy atom. The minimum atomic E-state index is -0.368. The van der Waals surface area contributed by atoms with E-state index in [1.807, 2.05) is 50.4 Å². The molecule has 0 unspecified atom stereocenters. The number of alkyl carbamates (subject to hydrolysis) is 1. The Bertz CT molecular complexity index is 352. The Labute approximate surface area is 107 Å². The zero-order valence-corrected chi connectivity index (χ0v) is 11.3. The minimum absolute atomic E-state index is 0.243. The van der Waals surface area contributed by atoms with Crippen LogP contribution in [0.5, 0.6) is 0 Å². The second kappa shape index (κ2) is 6.55. The zero-order valence-electron chi connectivity index (χ0n) is 10.5. The highest BCUT2D eigenvalue weighted by atomic mass is 32.2. The molecule has 94 valence electrons. The Balaban J connectivity index is 2.35. The lowest BCUT2D eigenvalue weighted by molar-refractivity contribution is 0.131. The summed E-state index contributed by atoms with van der Waals surface area (Å²) in [5.41, 5.74) is 0.748. The molecule has 1 N–H and O–H groups in total. The molecule has 0 aliphatic rings. The number of benzene rings is 1. The molecule has 0 aliphatic carbocycles. The average Bonchev–Trinajstić information content (AvgIpc) is 2.27. The molecule has 0 saturated carbocycles. The van der Waals surface area contributed by atoms with Crippen molar-refractivity contribution in [3.63, 3.8) is 0 Å². The average molecular weight is 253 g/mol. The first-order chi connectivity index (χ1) is 8.03. The third-order valence-corrected chi connectivity index (χ3v) is 3.17. The van der Waals surface area contributed by atoms with E-state index in [0.29, 0.717) is 6.61 Å². The second-order valence-corrected chi connectivity index (χ2v) is 5.37. The SMILES string of the molecule is CSCC(C)(C)NC(=O)OCc1ccccc1. The first-order valence-electron chi connectivity index (χ1n) is 5.51. The van der Waals surface area contributed by atoms with Gasteiger partial charge in [0.15, 0.2) is 0 Å². The van der Waals surface area contributed by atoms with Gasteiger partial charge in [-0.15, -0.1) is 0 Å². The van der Waals surface area contributed by atoms with Crippen LogP contribution in [0.4, 0.5) is 4.79 Å². The Morgan fingerprint density at radius 2 is 2.00 bits per heavy atom. The molecule has 1 aromatic rings. The number of amides is 1. The summed E-state index contributed by atoms with van der Waals surface area (Å²) in [6.45, 7) is 4.27. The van der Waals surface area contributed by atoms with Gasteiger partial charge in [0, 0.05) is 11.3 Å². The van der Waals surface area contributed by atoms with E-state index in [1.165, 1.54) is 0 Å². The molecule has 1 aromatic carbocycles. The zero-order chi connectivity index (χ0) is 12.7. The van der Waals surface area contributed by atoms with Crippen molar-refractivity contribution in [2.75, 3.05) is 12.0 Å². The molecular formula is C13H19NO2S. The molecule has 4 heteroatoms. The molecule has 3 nitrogen and oxygen atoms in total. The van der Waals surface area contributed by atoms with Crippen LogP contribution in [-0.4, -0.2) is 23.6 Å². The topological polar surface area (TPSA) is 38.3 Å². The van der Waals surface area contributed by atoms with Gasteiger partial charge in [-0.25, -0.2) is 4.79 Å². The van der Waals surface area contributed by atoms with Crippen molar-refractivity contribution in [2.24, 2.45) is 0 Å². The molecule has 0 bridgehead atoms. The summed E-state index contributed by atoms with van der Waals surface area (Å²) < 4.78 is 5.15. The van der Waals surface area contributed by atoms with Crippen LogP contribution < -0.4 is 5.32 Å². The van der Waals surface area contributed by atoms with Crippen LogP contribution in [0.3, 0.4) is 0 Å². The van der Waals surface area contributed by atoms with Gasteiger partial charge < -0.3 is 10.1 Å². The van der Waals surface area contributed by atoms with Crippen LogP contribution in [0.2, 0.25) is 0 Å². The molecule has 0 aromatic heterocycles. The summed E-state index contributed by atoms with van der Waals surface area (Å²) in [6.07, 6.45) is 1.64. The lowest BCUT2D eigenvalue weighted by Crippen LogP contribution is -2.45. The molecule has 0 spiro atoms. The highest BCUT2D eigenvalue weighted by Gasteiger charge is 2.20. The van der Waals surface area contributed by atoms with Crippen LogP contribution in [0.15, 0.2) is 30.3 Å². The van der Waals surface area contributed by atoms with Crippen molar-refractivity contribution in [2.45, 2.75) is 26.0 Å². The van der Waals surface area contributed by atoms with E-state index in [9.17, 15) is 4.79 Å². The van der Waals surface area contributed by atoms with Crippen molar-refractivity contribution in [3.8, 4) is 0 Å². The maximum Gasteiger partial charge on any atom is 0.407 e. The molecule has 0 heterocycles. The summed E-state index contributed by atoms with van der Waals surface area (Å²) in [7, 11) is 0. The Kier molecular flexibility index (Phi) is 5.35. The predicted octanol–water partition coefficient (Wildman–Crippen LogP) is 3.05. The molecule has 0 aliphatic heterocycles. The van der Waals surface area contributed by atoms with Crippen LogP contribution in [0.25, 0.3) is 0 Å².